The largest absolute Gasteiger partial charge is 0.399 e. The summed E-state index contributed by atoms with van der Waals surface area (Å²) >= 11 is 0. The van der Waals surface area contributed by atoms with E-state index in [1.165, 1.54) is 12.4 Å². The highest BCUT2D eigenvalue weighted by molar-refractivity contribution is 7.89. The van der Waals surface area contributed by atoms with Crippen LogP contribution in [0.25, 0.3) is 0 Å². The molecule has 0 aliphatic heterocycles. The molecule has 2 rings (SSSR count). The summed E-state index contributed by atoms with van der Waals surface area (Å²) in [7, 11) is -3.85. The van der Waals surface area contributed by atoms with E-state index in [2.05, 4.69) is 10.2 Å². The Morgan fingerprint density at radius 1 is 1.29 bits per heavy atom. The third-order valence-electron chi connectivity index (χ3n) is 2.78. The van der Waals surface area contributed by atoms with Gasteiger partial charge in [0.05, 0.1) is 12.7 Å². The van der Waals surface area contributed by atoms with Crippen molar-refractivity contribution in [3.63, 3.8) is 0 Å². The second-order valence-electron chi connectivity index (χ2n) is 4.41. The van der Waals surface area contributed by atoms with Crippen molar-refractivity contribution in [2.24, 2.45) is 5.73 Å². The number of amides is 1. The number of benzene rings is 1. The smallest absolute Gasteiger partial charge is 0.246 e. The van der Waals surface area contributed by atoms with Gasteiger partial charge in [-0.2, -0.15) is 9.40 Å². The van der Waals surface area contributed by atoms with Crippen molar-refractivity contribution < 1.29 is 13.2 Å². The molecule has 1 aromatic carbocycles. The number of rotatable bonds is 6. The highest BCUT2D eigenvalue weighted by Crippen LogP contribution is 2.17. The fourth-order valence-corrected chi connectivity index (χ4v) is 3.06. The van der Waals surface area contributed by atoms with E-state index in [1.807, 2.05) is 0 Å². The lowest BCUT2D eigenvalue weighted by Gasteiger charge is -2.20. The van der Waals surface area contributed by atoms with Crippen LogP contribution in [0.1, 0.15) is 5.56 Å². The first-order chi connectivity index (χ1) is 9.89. The molecule has 0 atom stereocenters. The molecule has 0 unspecified atom stereocenters. The average Bonchev–Trinajstić information content (AvgIpc) is 2.94. The molecule has 0 radical (unpaired) electrons. The minimum Gasteiger partial charge on any atom is -0.399 e. The van der Waals surface area contributed by atoms with Crippen molar-refractivity contribution in [3.8, 4) is 0 Å². The van der Waals surface area contributed by atoms with E-state index in [1.54, 1.807) is 24.3 Å². The number of nitrogens with zero attached hydrogens (tertiary/aromatic N) is 2. The van der Waals surface area contributed by atoms with E-state index in [0.29, 0.717) is 11.3 Å². The molecule has 1 heterocycles. The summed E-state index contributed by atoms with van der Waals surface area (Å²) < 4.78 is 25.9. The topological polar surface area (TPSA) is 135 Å². The molecule has 0 fully saturated rings. The standard InChI is InChI=1S/C12H15N5O3S/c13-10-3-1-9(2-4-10)7-17(8-12(14)18)21(19,20)11-5-15-16-6-11/h1-6H,7-8,13H2,(H2,14,18)(H,15,16). The predicted octanol–water partition coefficient (Wildman–Crippen LogP) is -0.332. The van der Waals surface area contributed by atoms with Crippen molar-refractivity contribution in [1.29, 1.82) is 0 Å². The lowest BCUT2D eigenvalue weighted by molar-refractivity contribution is -0.118. The highest BCUT2D eigenvalue weighted by atomic mass is 32.2. The van der Waals surface area contributed by atoms with Crippen LogP contribution >= 0.6 is 0 Å². The first kappa shape index (κ1) is 15.0. The number of carbonyl (C=O) groups is 1. The van der Waals surface area contributed by atoms with Gasteiger partial charge in [-0.1, -0.05) is 12.1 Å². The van der Waals surface area contributed by atoms with Crippen LogP contribution in [0.2, 0.25) is 0 Å². The Bertz CT molecular complexity index is 710. The minimum atomic E-state index is -3.85. The third kappa shape index (κ3) is 3.58. The maximum Gasteiger partial charge on any atom is 0.246 e. The zero-order valence-electron chi connectivity index (χ0n) is 11.1. The Morgan fingerprint density at radius 2 is 1.95 bits per heavy atom. The Kier molecular flexibility index (Phi) is 4.24. The Hall–Kier alpha value is -2.39. The number of sulfonamides is 1. The van der Waals surface area contributed by atoms with Crippen molar-refractivity contribution in [1.82, 2.24) is 14.5 Å². The molecular formula is C12H15N5O3S. The number of anilines is 1. The molecule has 9 heteroatoms. The van der Waals surface area contributed by atoms with Crippen LogP contribution in [-0.4, -0.2) is 35.4 Å². The summed E-state index contributed by atoms with van der Waals surface area (Å²) in [5, 5.41) is 6.03. The van der Waals surface area contributed by atoms with Gasteiger partial charge in [-0.3, -0.25) is 9.89 Å². The van der Waals surface area contributed by atoms with Crippen LogP contribution in [0.15, 0.2) is 41.6 Å². The number of hydrogen-bond donors (Lipinski definition) is 3. The van der Waals surface area contributed by atoms with Crippen LogP contribution in [0.5, 0.6) is 0 Å². The number of H-pyrrole nitrogens is 1. The monoisotopic (exact) mass is 309 g/mol. The molecule has 0 aliphatic carbocycles. The molecule has 0 saturated carbocycles. The summed E-state index contributed by atoms with van der Waals surface area (Å²) in [4.78, 5) is 11.1. The van der Waals surface area contributed by atoms with E-state index in [0.717, 1.165) is 4.31 Å². The second-order valence-corrected chi connectivity index (χ2v) is 6.35. The SMILES string of the molecule is NC(=O)CN(Cc1ccc(N)cc1)S(=O)(=O)c1cn[nH]c1. The van der Waals surface area contributed by atoms with E-state index in [9.17, 15) is 13.2 Å². The Morgan fingerprint density at radius 3 is 2.48 bits per heavy atom. The lowest BCUT2D eigenvalue weighted by atomic mass is 10.2. The van der Waals surface area contributed by atoms with Gasteiger partial charge in [-0.05, 0) is 17.7 Å². The number of nitrogen functional groups attached to an aromatic ring is 1. The predicted molar refractivity (Wildman–Crippen MR) is 76.2 cm³/mol. The van der Waals surface area contributed by atoms with Crippen LogP contribution in [0, 0.1) is 0 Å². The van der Waals surface area contributed by atoms with Crippen LogP contribution < -0.4 is 11.5 Å². The first-order valence-electron chi connectivity index (χ1n) is 6.01. The van der Waals surface area contributed by atoms with Gasteiger partial charge >= 0.3 is 0 Å². The molecule has 0 saturated heterocycles. The number of aromatic amines is 1. The third-order valence-corrected chi connectivity index (χ3v) is 4.54. The summed E-state index contributed by atoms with van der Waals surface area (Å²) in [6.45, 7) is -0.408. The van der Waals surface area contributed by atoms with Crippen molar-refractivity contribution in [2.75, 3.05) is 12.3 Å². The summed E-state index contributed by atoms with van der Waals surface area (Å²) in [6.07, 6.45) is 2.42. The van der Waals surface area contributed by atoms with Gasteiger partial charge in [0.2, 0.25) is 15.9 Å². The molecule has 8 nitrogen and oxygen atoms in total. The maximum absolute atomic E-state index is 12.4. The number of nitrogens with two attached hydrogens (primary N) is 2. The van der Waals surface area contributed by atoms with Gasteiger partial charge in [0, 0.05) is 18.4 Å². The second kappa shape index (κ2) is 5.94. The zero-order valence-corrected chi connectivity index (χ0v) is 11.9. The van der Waals surface area contributed by atoms with Gasteiger partial charge in [-0.25, -0.2) is 8.42 Å². The maximum atomic E-state index is 12.4. The molecule has 0 spiro atoms. The van der Waals surface area contributed by atoms with Crippen LogP contribution in [0.3, 0.4) is 0 Å². The zero-order chi connectivity index (χ0) is 15.5. The normalized spacial score (nSPS) is 11.7. The number of hydrogen-bond acceptors (Lipinski definition) is 5. The number of aromatic nitrogens is 2. The van der Waals surface area contributed by atoms with Crippen molar-refractivity contribution >= 4 is 21.6 Å². The van der Waals surface area contributed by atoms with E-state index in [4.69, 9.17) is 11.5 Å². The molecule has 21 heavy (non-hydrogen) atoms. The lowest BCUT2D eigenvalue weighted by Crippen LogP contribution is -2.37. The molecule has 2 aromatic rings. The number of nitrogens with one attached hydrogen (secondary N) is 1. The summed E-state index contributed by atoms with van der Waals surface area (Å²) in [5.74, 6) is -0.738. The molecular weight excluding hydrogens is 294 g/mol. The van der Waals surface area contributed by atoms with Crippen LogP contribution in [0.4, 0.5) is 5.69 Å². The van der Waals surface area contributed by atoms with Gasteiger partial charge in [-0.15, -0.1) is 0 Å². The Labute approximate surface area is 121 Å². The molecule has 5 N–H and O–H groups in total. The Balaban J connectivity index is 2.30. The molecule has 1 amide bonds. The molecule has 0 aliphatic rings. The fourth-order valence-electron chi connectivity index (χ4n) is 1.76. The highest BCUT2D eigenvalue weighted by Gasteiger charge is 2.26. The number of carbonyl (C=O) groups excluding carboxylic acids is 1. The van der Waals surface area contributed by atoms with Crippen LogP contribution in [-0.2, 0) is 21.4 Å². The van der Waals surface area contributed by atoms with Gasteiger partial charge in [0.25, 0.3) is 0 Å². The molecule has 0 bridgehead atoms. The van der Waals surface area contributed by atoms with Gasteiger partial charge in [0.1, 0.15) is 4.90 Å². The van der Waals surface area contributed by atoms with Gasteiger partial charge in [0.15, 0.2) is 0 Å². The minimum absolute atomic E-state index is 0.0106. The van der Waals surface area contributed by atoms with Gasteiger partial charge < -0.3 is 11.5 Å². The summed E-state index contributed by atoms with van der Waals surface area (Å²) in [5.41, 5.74) is 12.0. The quantitative estimate of drug-likeness (QED) is 0.628. The molecule has 112 valence electrons. The average molecular weight is 309 g/mol. The van der Waals surface area contributed by atoms with Crippen molar-refractivity contribution in [3.05, 3.63) is 42.2 Å². The van der Waals surface area contributed by atoms with E-state index < -0.39 is 22.5 Å². The fraction of sp³-hybridized carbons (Fsp3) is 0.167. The molecule has 1 aromatic heterocycles. The first-order valence-corrected chi connectivity index (χ1v) is 7.45. The number of primary amides is 1. The van der Waals surface area contributed by atoms with E-state index >= 15 is 0 Å². The summed E-state index contributed by atoms with van der Waals surface area (Å²) in [6, 6.07) is 6.69. The van der Waals surface area contributed by atoms with E-state index in [-0.39, 0.29) is 11.4 Å². The van der Waals surface area contributed by atoms with Crippen molar-refractivity contribution in [2.45, 2.75) is 11.4 Å².